The summed E-state index contributed by atoms with van der Waals surface area (Å²) >= 11 is 1.86. The first kappa shape index (κ1) is 26.2. The molecule has 1 atom stereocenters. The van der Waals surface area contributed by atoms with Gasteiger partial charge in [0.2, 0.25) is 0 Å². The molecule has 1 unspecified atom stereocenters. The van der Waals surface area contributed by atoms with Crippen LogP contribution in [-0.2, 0) is 6.54 Å². The van der Waals surface area contributed by atoms with E-state index < -0.39 is 0 Å². The lowest BCUT2D eigenvalue weighted by molar-refractivity contribution is 0.296. The van der Waals surface area contributed by atoms with Crippen molar-refractivity contribution in [3.63, 3.8) is 0 Å². The number of fused-ring (bicyclic) bond motifs is 2. The first-order chi connectivity index (χ1) is 19.7. The molecule has 4 aromatic rings. The number of allylic oxidation sites excluding steroid dienone is 4. The molecule has 2 heterocycles. The van der Waals surface area contributed by atoms with Gasteiger partial charge in [-0.05, 0) is 66.2 Å². The van der Waals surface area contributed by atoms with Crippen LogP contribution in [0.4, 0.5) is 17.1 Å². The van der Waals surface area contributed by atoms with Gasteiger partial charge in [0.25, 0.3) is 0 Å². The van der Waals surface area contributed by atoms with Crippen molar-refractivity contribution in [2.45, 2.75) is 30.7 Å². The van der Waals surface area contributed by atoms with Crippen LogP contribution in [0.5, 0.6) is 0 Å². The fourth-order valence-electron chi connectivity index (χ4n) is 5.38. The zero-order chi connectivity index (χ0) is 27.3. The molecule has 0 aliphatic carbocycles. The molecule has 6 rings (SSSR count). The zero-order valence-electron chi connectivity index (χ0n) is 23.1. The van der Waals surface area contributed by atoms with Crippen molar-refractivity contribution in [1.29, 1.82) is 0 Å². The molecule has 200 valence electrons. The van der Waals surface area contributed by atoms with E-state index in [1.54, 1.807) is 0 Å². The van der Waals surface area contributed by atoms with E-state index in [0.717, 1.165) is 25.3 Å². The predicted molar refractivity (Wildman–Crippen MR) is 173 cm³/mol. The molecule has 0 amide bonds. The molecule has 0 bridgehead atoms. The van der Waals surface area contributed by atoms with E-state index in [1.807, 2.05) is 11.8 Å². The third-order valence-corrected chi connectivity index (χ3v) is 8.69. The van der Waals surface area contributed by atoms with Crippen molar-refractivity contribution in [2.24, 2.45) is 0 Å². The van der Waals surface area contributed by atoms with Crippen molar-refractivity contribution in [1.82, 2.24) is 4.90 Å². The Morgan fingerprint density at radius 1 is 0.825 bits per heavy atom. The second kappa shape index (κ2) is 12.0. The van der Waals surface area contributed by atoms with Gasteiger partial charge < -0.3 is 10.2 Å². The van der Waals surface area contributed by atoms with Gasteiger partial charge in [0.1, 0.15) is 0 Å². The van der Waals surface area contributed by atoms with Crippen molar-refractivity contribution in [3.8, 4) is 0 Å². The lowest BCUT2D eigenvalue weighted by Crippen LogP contribution is -2.22. The second-order valence-electron chi connectivity index (χ2n) is 10.1. The van der Waals surface area contributed by atoms with E-state index in [0.29, 0.717) is 0 Å². The van der Waals surface area contributed by atoms with E-state index in [4.69, 9.17) is 0 Å². The smallest absolute Gasteiger partial charge is 0.0960 e. The number of nitrogens with zero attached hydrogens (tertiary/aromatic N) is 2. The lowest BCUT2D eigenvalue weighted by atomic mass is 9.93. The predicted octanol–water partition coefficient (Wildman–Crippen LogP) is 9.20. The van der Waals surface area contributed by atoms with E-state index in [-0.39, 0.29) is 5.37 Å². The summed E-state index contributed by atoms with van der Waals surface area (Å²) in [4.78, 5) is 6.14. The van der Waals surface area contributed by atoms with E-state index in [1.165, 1.54) is 44.2 Å². The highest BCUT2D eigenvalue weighted by molar-refractivity contribution is 8.00. The minimum Gasteiger partial charge on any atom is -0.369 e. The topological polar surface area (TPSA) is 18.5 Å². The Morgan fingerprint density at radius 2 is 1.55 bits per heavy atom. The van der Waals surface area contributed by atoms with E-state index in [2.05, 4.69) is 156 Å². The molecule has 40 heavy (non-hydrogen) atoms. The van der Waals surface area contributed by atoms with Crippen LogP contribution < -0.4 is 10.2 Å². The average Bonchev–Trinajstić information content (AvgIpc) is 3.43. The van der Waals surface area contributed by atoms with Gasteiger partial charge in [0, 0.05) is 28.4 Å². The minimum atomic E-state index is 0.232. The summed E-state index contributed by atoms with van der Waals surface area (Å²) in [5, 5.41) is 3.83. The van der Waals surface area contributed by atoms with Gasteiger partial charge in [-0.1, -0.05) is 117 Å². The summed E-state index contributed by atoms with van der Waals surface area (Å²) in [5.74, 6) is 0. The van der Waals surface area contributed by atoms with Gasteiger partial charge in [0.15, 0.2) is 0 Å². The van der Waals surface area contributed by atoms with Crippen LogP contribution in [0.3, 0.4) is 0 Å². The van der Waals surface area contributed by atoms with Crippen LogP contribution in [-0.4, -0.2) is 23.4 Å². The third-order valence-electron chi connectivity index (χ3n) is 7.55. The van der Waals surface area contributed by atoms with Crippen LogP contribution >= 0.6 is 11.8 Å². The van der Waals surface area contributed by atoms with Crippen LogP contribution in [0, 0.1) is 0 Å². The number of nitrogens with one attached hydrogen (secondary N) is 1. The summed E-state index contributed by atoms with van der Waals surface area (Å²) in [7, 11) is 0. The Balaban J connectivity index is 1.37. The quantitative estimate of drug-likeness (QED) is 0.240. The van der Waals surface area contributed by atoms with Gasteiger partial charge in [-0.25, -0.2) is 0 Å². The molecule has 0 aromatic heterocycles. The molecule has 2 aliphatic rings. The summed E-state index contributed by atoms with van der Waals surface area (Å²) in [6.07, 6.45) is 9.03. The number of thioether (sulfide) groups is 1. The highest BCUT2D eigenvalue weighted by Crippen LogP contribution is 2.44. The van der Waals surface area contributed by atoms with Gasteiger partial charge in [-0.15, -0.1) is 0 Å². The second-order valence-corrected chi connectivity index (χ2v) is 11.2. The molecule has 4 heteroatoms. The molecular weight excluding hydrogens is 506 g/mol. The molecule has 0 radical (unpaired) electrons. The molecule has 0 saturated carbocycles. The van der Waals surface area contributed by atoms with Crippen molar-refractivity contribution in [2.75, 3.05) is 23.3 Å². The van der Waals surface area contributed by atoms with E-state index >= 15 is 0 Å². The highest BCUT2D eigenvalue weighted by Gasteiger charge is 2.25. The Kier molecular flexibility index (Phi) is 7.90. The van der Waals surface area contributed by atoms with Crippen molar-refractivity contribution in [3.05, 3.63) is 144 Å². The van der Waals surface area contributed by atoms with Crippen LogP contribution in [0.15, 0.2) is 132 Å². The summed E-state index contributed by atoms with van der Waals surface area (Å²) in [6.45, 7) is 7.55. The molecule has 2 aliphatic heterocycles. The number of rotatable bonds is 8. The molecule has 0 spiro atoms. The zero-order valence-corrected chi connectivity index (χ0v) is 23.9. The van der Waals surface area contributed by atoms with Crippen LogP contribution in [0.1, 0.15) is 30.5 Å². The molecule has 0 fully saturated rings. The maximum atomic E-state index is 3.60. The fourth-order valence-corrected chi connectivity index (χ4v) is 6.42. The summed E-state index contributed by atoms with van der Waals surface area (Å²) < 4.78 is 0. The lowest BCUT2D eigenvalue weighted by Gasteiger charge is -2.34. The number of benzene rings is 4. The Morgan fingerprint density at radius 3 is 2.33 bits per heavy atom. The fraction of sp³-hybridized carbons (Fsp3) is 0.167. The standard InChI is InChI=1S/C36H35N3S/c1-3-38(4-2)26-27-21-23-28(24-22-27)34-25-29(13-12-20-36-37-32-17-9-11-19-35(32)40-36)31-16-8-10-18-33(31)39(34)30-14-6-5-7-15-30/h5-25,36-37H,3-4,26H2,1-2H3/b20-12+,29-13-. The monoisotopic (exact) mass is 541 g/mol. The van der Waals surface area contributed by atoms with Gasteiger partial charge in [-0.3, -0.25) is 4.90 Å². The maximum Gasteiger partial charge on any atom is 0.0960 e. The van der Waals surface area contributed by atoms with Crippen LogP contribution in [0.25, 0.3) is 11.3 Å². The minimum absolute atomic E-state index is 0.232. The van der Waals surface area contributed by atoms with E-state index in [9.17, 15) is 0 Å². The number of para-hydroxylation sites is 3. The Bertz CT molecular complexity index is 1520. The van der Waals surface area contributed by atoms with Gasteiger partial charge in [-0.2, -0.15) is 0 Å². The number of hydrogen-bond acceptors (Lipinski definition) is 4. The summed E-state index contributed by atoms with van der Waals surface area (Å²) in [5.41, 5.74) is 9.74. The largest absolute Gasteiger partial charge is 0.369 e. The van der Waals surface area contributed by atoms with Gasteiger partial charge >= 0.3 is 0 Å². The Labute approximate surface area is 242 Å². The number of hydrogen-bond donors (Lipinski definition) is 1. The first-order valence-corrected chi connectivity index (χ1v) is 15.0. The average molecular weight is 542 g/mol. The molecule has 1 N–H and O–H groups in total. The molecular formula is C36H35N3S. The molecule has 3 nitrogen and oxygen atoms in total. The van der Waals surface area contributed by atoms with Gasteiger partial charge in [0.05, 0.1) is 16.8 Å². The molecule has 0 saturated heterocycles. The summed E-state index contributed by atoms with van der Waals surface area (Å²) in [6, 6.07) is 37.0. The first-order valence-electron chi connectivity index (χ1n) is 14.1. The maximum absolute atomic E-state index is 3.60. The van der Waals surface area contributed by atoms with Crippen molar-refractivity contribution < 1.29 is 0 Å². The SMILES string of the molecule is CCN(CC)Cc1ccc(C2=C/C(=C/C=C/C3Nc4ccccc4S3)c3ccccc3N2c2ccccc2)cc1. The molecule has 4 aromatic carbocycles. The third kappa shape index (κ3) is 5.51. The normalized spacial score (nSPS) is 17.2. The number of anilines is 3. The Hall–Kier alpha value is -3.99. The highest BCUT2D eigenvalue weighted by atomic mass is 32.2. The van der Waals surface area contributed by atoms with Crippen molar-refractivity contribution >= 4 is 40.1 Å². The van der Waals surface area contributed by atoms with Crippen LogP contribution in [0.2, 0.25) is 0 Å².